The van der Waals surface area contributed by atoms with E-state index in [4.69, 9.17) is 4.74 Å². The lowest BCUT2D eigenvalue weighted by Gasteiger charge is -2.29. The van der Waals surface area contributed by atoms with E-state index in [9.17, 15) is 14.7 Å². The molecule has 144 valence electrons. The molecule has 1 N–H and O–H groups in total. The number of benzene rings is 1. The zero-order valence-electron chi connectivity index (χ0n) is 16.0. The number of carbonyl (C=O) groups excluding carboxylic acids is 1. The van der Waals surface area contributed by atoms with Crippen molar-refractivity contribution < 1.29 is 19.4 Å². The number of aromatic carboxylic acids is 1. The van der Waals surface area contributed by atoms with Gasteiger partial charge >= 0.3 is 12.1 Å². The average Bonchev–Trinajstić information content (AvgIpc) is 3.08. The van der Waals surface area contributed by atoms with E-state index in [1.807, 2.05) is 20.8 Å². The number of carboxylic acids is 1. The van der Waals surface area contributed by atoms with Crippen molar-refractivity contribution in [2.45, 2.75) is 38.8 Å². The Morgan fingerprint density at radius 2 is 2.04 bits per heavy atom. The quantitative estimate of drug-likeness (QED) is 0.885. The number of rotatable bonds is 3. The molecule has 1 amide bonds. The van der Waals surface area contributed by atoms with Crippen LogP contribution in [0.5, 0.6) is 0 Å². The van der Waals surface area contributed by atoms with Gasteiger partial charge in [0.05, 0.1) is 17.8 Å². The van der Waals surface area contributed by atoms with Crippen molar-refractivity contribution in [3.8, 4) is 0 Å². The van der Waals surface area contributed by atoms with Gasteiger partial charge in [-0.1, -0.05) is 0 Å². The first-order valence-electron chi connectivity index (χ1n) is 8.86. The molecule has 8 heteroatoms. The second kappa shape index (κ2) is 7.02. The number of carbonyl (C=O) groups is 2. The van der Waals surface area contributed by atoms with Crippen molar-refractivity contribution in [1.29, 1.82) is 0 Å². The fourth-order valence-electron chi connectivity index (χ4n) is 3.28. The molecule has 1 saturated heterocycles. The van der Waals surface area contributed by atoms with Crippen molar-refractivity contribution >= 4 is 28.7 Å². The molecule has 3 rings (SSSR count). The second-order valence-corrected chi connectivity index (χ2v) is 7.71. The van der Waals surface area contributed by atoms with E-state index in [0.29, 0.717) is 12.1 Å². The molecule has 1 aromatic carbocycles. The van der Waals surface area contributed by atoms with Gasteiger partial charge in [-0.25, -0.2) is 9.59 Å². The lowest BCUT2D eigenvalue weighted by Crippen LogP contribution is -2.42. The third kappa shape index (κ3) is 3.94. The second-order valence-electron chi connectivity index (χ2n) is 7.71. The van der Waals surface area contributed by atoms with Crippen LogP contribution in [0.3, 0.4) is 0 Å². The summed E-state index contributed by atoms with van der Waals surface area (Å²) < 4.78 is 5.45. The summed E-state index contributed by atoms with van der Waals surface area (Å²) in [4.78, 5) is 27.5. The maximum atomic E-state index is 12.3. The molecule has 0 radical (unpaired) electrons. The van der Waals surface area contributed by atoms with Gasteiger partial charge in [0.2, 0.25) is 0 Å². The summed E-state index contributed by atoms with van der Waals surface area (Å²) in [5.74, 6) is -1.03. The predicted molar refractivity (Wildman–Crippen MR) is 101 cm³/mol. The van der Waals surface area contributed by atoms with Crippen molar-refractivity contribution in [3.05, 3.63) is 30.0 Å². The maximum absolute atomic E-state index is 12.3. The summed E-state index contributed by atoms with van der Waals surface area (Å²) in [6, 6.07) is 5.14. The minimum atomic E-state index is -1.03. The fraction of sp³-hybridized carbons (Fsp3) is 0.474. The van der Waals surface area contributed by atoms with E-state index in [0.717, 1.165) is 24.0 Å². The lowest BCUT2D eigenvalue weighted by atomic mass is 10.1. The monoisotopic (exact) mass is 372 g/mol. The number of carboxylic acid groups (broad SMARTS) is 1. The Kier molecular flexibility index (Phi) is 4.91. The van der Waals surface area contributed by atoms with Crippen LogP contribution < -0.4 is 4.90 Å². The zero-order chi connectivity index (χ0) is 19.8. The molecule has 0 aliphatic carbocycles. The highest BCUT2D eigenvalue weighted by molar-refractivity contribution is 6.05. The first kappa shape index (κ1) is 18.9. The van der Waals surface area contributed by atoms with Gasteiger partial charge in [-0.2, -0.15) is 5.10 Å². The number of hydrogen-bond donors (Lipinski definition) is 1. The van der Waals surface area contributed by atoms with Gasteiger partial charge in [0.1, 0.15) is 11.1 Å². The molecule has 1 aromatic heterocycles. The Hall–Kier alpha value is -2.90. The molecule has 1 unspecified atom stereocenters. The van der Waals surface area contributed by atoms with E-state index in [1.54, 1.807) is 36.3 Å². The van der Waals surface area contributed by atoms with Crippen molar-refractivity contribution in [3.63, 3.8) is 0 Å². The van der Waals surface area contributed by atoms with Crippen LogP contribution in [0.25, 0.3) is 10.9 Å². The Balaban J connectivity index is 1.83. The largest absolute Gasteiger partial charge is 0.478 e. The summed E-state index contributed by atoms with van der Waals surface area (Å²) in [5, 5.41) is 17.9. The molecular formula is C19H24N4O4. The number of amides is 1. The molecule has 8 nitrogen and oxygen atoms in total. The average molecular weight is 372 g/mol. The third-order valence-electron chi connectivity index (χ3n) is 4.62. The van der Waals surface area contributed by atoms with Gasteiger partial charge in [0.15, 0.2) is 0 Å². The molecule has 2 aromatic rings. The molecule has 1 aliphatic rings. The highest BCUT2D eigenvalue weighted by Crippen LogP contribution is 2.31. The molecule has 1 fully saturated rings. The van der Waals surface area contributed by atoms with Crippen LogP contribution in [0.2, 0.25) is 0 Å². The number of hydrogen-bond acceptors (Lipinski definition) is 6. The topological polar surface area (TPSA) is 95.9 Å². The van der Waals surface area contributed by atoms with Crippen LogP contribution in [-0.2, 0) is 4.74 Å². The van der Waals surface area contributed by atoms with Crippen LogP contribution in [0, 0.1) is 0 Å². The standard InChI is InChI=1S/C19H24N4O4/c1-19(2,3)27-18(26)22(4)12-8-10-23(11-12)15-6-5-14(17(24)25)16-13(15)7-9-20-21-16/h5-7,9,12H,8,10-11H2,1-4H3,(H,24,25). The zero-order valence-corrected chi connectivity index (χ0v) is 16.0. The van der Waals surface area contributed by atoms with Gasteiger partial charge in [-0.3, -0.25) is 0 Å². The Labute approximate surface area is 157 Å². The van der Waals surface area contributed by atoms with Crippen molar-refractivity contribution in [2.75, 3.05) is 25.0 Å². The normalized spacial score (nSPS) is 17.2. The van der Waals surface area contributed by atoms with Gasteiger partial charge in [0.25, 0.3) is 0 Å². The first-order valence-corrected chi connectivity index (χ1v) is 8.86. The minimum absolute atomic E-state index is 0.0175. The highest BCUT2D eigenvalue weighted by Gasteiger charge is 2.32. The van der Waals surface area contributed by atoms with E-state index in [1.165, 1.54) is 0 Å². The van der Waals surface area contributed by atoms with Crippen LogP contribution in [0.1, 0.15) is 37.6 Å². The number of likely N-dealkylation sites (N-methyl/N-ethyl adjacent to an activating group) is 1. The van der Waals surface area contributed by atoms with Gasteiger partial charge in [-0.05, 0) is 45.4 Å². The maximum Gasteiger partial charge on any atom is 0.410 e. The number of nitrogens with zero attached hydrogens (tertiary/aromatic N) is 4. The summed E-state index contributed by atoms with van der Waals surface area (Å²) in [6.07, 6.45) is 2.01. The van der Waals surface area contributed by atoms with E-state index < -0.39 is 11.6 Å². The first-order chi connectivity index (χ1) is 12.7. The fourth-order valence-corrected chi connectivity index (χ4v) is 3.28. The molecular weight excluding hydrogens is 348 g/mol. The third-order valence-corrected chi connectivity index (χ3v) is 4.62. The molecule has 0 saturated carbocycles. The predicted octanol–water partition coefficient (Wildman–Crippen LogP) is 2.77. The summed E-state index contributed by atoms with van der Waals surface area (Å²) in [7, 11) is 1.75. The van der Waals surface area contributed by atoms with Gasteiger partial charge in [-0.15, -0.1) is 5.10 Å². The van der Waals surface area contributed by atoms with Crippen LogP contribution in [0.15, 0.2) is 24.4 Å². The molecule has 0 spiro atoms. The van der Waals surface area contributed by atoms with Gasteiger partial charge in [0, 0.05) is 31.2 Å². The summed E-state index contributed by atoms with van der Waals surface area (Å²) >= 11 is 0. The summed E-state index contributed by atoms with van der Waals surface area (Å²) in [5.41, 5.74) is 0.852. The van der Waals surface area contributed by atoms with Crippen molar-refractivity contribution in [1.82, 2.24) is 15.1 Å². The summed E-state index contributed by atoms with van der Waals surface area (Å²) in [6.45, 7) is 6.92. The molecule has 2 heterocycles. The van der Waals surface area contributed by atoms with Crippen LogP contribution in [0.4, 0.5) is 10.5 Å². The Morgan fingerprint density at radius 1 is 1.30 bits per heavy atom. The van der Waals surface area contributed by atoms with E-state index in [2.05, 4.69) is 15.1 Å². The Bertz CT molecular complexity index is 878. The highest BCUT2D eigenvalue weighted by atomic mass is 16.6. The Morgan fingerprint density at radius 3 is 2.70 bits per heavy atom. The molecule has 1 atom stereocenters. The number of anilines is 1. The van der Waals surface area contributed by atoms with E-state index in [-0.39, 0.29) is 17.7 Å². The van der Waals surface area contributed by atoms with Crippen LogP contribution >= 0.6 is 0 Å². The number of ether oxygens (including phenoxy) is 1. The smallest absolute Gasteiger partial charge is 0.410 e. The van der Waals surface area contributed by atoms with E-state index >= 15 is 0 Å². The minimum Gasteiger partial charge on any atom is -0.478 e. The van der Waals surface area contributed by atoms with Crippen molar-refractivity contribution in [2.24, 2.45) is 0 Å². The molecule has 27 heavy (non-hydrogen) atoms. The molecule has 0 bridgehead atoms. The lowest BCUT2D eigenvalue weighted by molar-refractivity contribution is 0.0237. The van der Waals surface area contributed by atoms with Gasteiger partial charge < -0.3 is 19.6 Å². The SMILES string of the molecule is CN(C(=O)OC(C)(C)C)C1CCN(c2ccc(C(=O)O)c3nnccc23)C1. The molecule has 1 aliphatic heterocycles. The number of fused-ring (bicyclic) bond motifs is 1. The number of aromatic nitrogens is 2. The van der Waals surface area contributed by atoms with Crippen LogP contribution in [-0.4, -0.2) is 64.0 Å².